The first-order valence-corrected chi connectivity index (χ1v) is 7.35. The molecule has 20 heavy (non-hydrogen) atoms. The van der Waals surface area contributed by atoms with Crippen LogP contribution >= 0.6 is 0 Å². The smallest absolute Gasteiger partial charge is 0.240 e. The highest BCUT2D eigenvalue weighted by molar-refractivity contribution is 5.86. The van der Waals surface area contributed by atoms with Crippen molar-refractivity contribution in [3.63, 3.8) is 0 Å². The minimum atomic E-state index is -0.661. The summed E-state index contributed by atoms with van der Waals surface area (Å²) in [6, 6.07) is 8.10. The van der Waals surface area contributed by atoms with Crippen molar-refractivity contribution in [1.29, 1.82) is 0 Å². The van der Waals surface area contributed by atoms with Crippen molar-refractivity contribution < 1.29 is 4.79 Å². The van der Waals surface area contributed by atoms with Crippen molar-refractivity contribution >= 4 is 11.6 Å². The van der Waals surface area contributed by atoms with E-state index in [9.17, 15) is 4.79 Å². The minimum absolute atomic E-state index is 0.00856. The van der Waals surface area contributed by atoms with Crippen LogP contribution in [0.1, 0.15) is 37.7 Å². The third-order valence-corrected chi connectivity index (χ3v) is 4.11. The van der Waals surface area contributed by atoms with Gasteiger partial charge in [-0.25, -0.2) is 0 Å². The predicted octanol–water partition coefficient (Wildman–Crippen LogP) is 2.03. The fourth-order valence-corrected chi connectivity index (χ4v) is 2.86. The number of nitrogens with two attached hydrogens (primary N) is 1. The monoisotopic (exact) mass is 275 g/mol. The third kappa shape index (κ3) is 3.31. The van der Waals surface area contributed by atoms with E-state index in [0.29, 0.717) is 6.54 Å². The molecule has 4 heteroatoms. The summed E-state index contributed by atoms with van der Waals surface area (Å²) in [6.07, 6.45) is 4.90. The molecular weight excluding hydrogens is 250 g/mol. The van der Waals surface area contributed by atoms with Gasteiger partial charge in [-0.1, -0.05) is 37.5 Å². The third-order valence-electron chi connectivity index (χ3n) is 4.11. The Morgan fingerprint density at radius 1 is 1.25 bits per heavy atom. The number of benzene rings is 1. The Kier molecular flexibility index (Phi) is 4.65. The Labute approximate surface area is 121 Å². The molecule has 0 aliphatic heterocycles. The molecule has 0 radical (unpaired) electrons. The first-order valence-electron chi connectivity index (χ1n) is 7.35. The Hall–Kier alpha value is -1.55. The summed E-state index contributed by atoms with van der Waals surface area (Å²) < 4.78 is 0. The number of nitrogens with zero attached hydrogens (tertiary/aromatic N) is 1. The molecule has 110 valence electrons. The van der Waals surface area contributed by atoms with Gasteiger partial charge in [0.1, 0.15) is 0 Å². The zero-order valence-electron chi connectivity index (χ0n) is 12.5. The van der Waals surface area contributed by atoms with Crippen LogP contribution in [0.3, 0.4) is 0 Å². The van der Waals surface area contributed by atoms with Crippen molar-refractivity contribution in [3.05, 3.63) is 29.8 Å². The summed E-state index contributed by atoms with van der Waals surface area (Å²) in [5.41, 5.74) is 7.82. The van der Waals surface area contributed by atoms with Gasteiger partial charge in [-0.05, 0) is 24.5 Å². The average molecular weight is 275 g/mol. The van der Waals surface area contributed by atoms with E-state index in [1.54, 1.807) is 0 Å². The summed E-state index contributed by atoms with van der Waals surface area (Å²) in [4.78, 5) is 14.4. The van der Waals surface area contributed by atoms with Crippen LogP contribution in [0.4, 0.5) is 5.69 Å². The van der Waals surface area contributed by atoms with E-state index in [0.717, 1.165) is 36.9 Å². The number of nitrogens with one attached hydrogen (secondary N) is 1. The van der Waals surface area contributed by atoms with Crippen molar-refractivity contribution in [2.75, 3.05) is 19.0 Å². The number of rotatable bonds is 4. The molecule has 1 fully saturated rings. The van der Waals surface area contributed by atoms with Crippen LogP contribution in [0.25, 0.3) is 0 Å². The number of hydrogen-bond donors (Lipinski definition) is 2. The average Bonchev–Trinajstić information content (AvgIpc) is 2.45. The van der Waals surface area contributed by atoms with Gasteiger partial charge in [-0.3, -0.25) is 4.79 Å². The molecule has 1 saturated carbocycles. The summed E-state index contributed by atoms with van der Waals surface area (Å²) in [5.74, 6) is -0.00856. The van der Waals surface area contributed by atoms with Crippen LogP contribution in [0.2, 0.25) is 0 Å². The van der Waals surface area contributed by atoms with Crippen molar-refractivity contribution in [3.8, 4) is 0 Å². The van der Waals surface area contributed by atoms with Crippen LogP contribution in [0.5, 0.6) is 0 Å². The number of hydrogen-bond acceptors (Lipinski definition) is 3. The maximum absolute atomic E-state index is 12.3. The summed E-state index contributed by atoms with van der Waals surface area (Å²) in [7, 11) is 4.01. The van der Waals surface area contributed by atoms with E-state index in [1.165, 1.54) is 6.42 Å². The molecule has 0 atom stereocenters. The Morgan fingerprint density at radius 2 is 1.90 bits per heavy atom. The molecule has 1 aromatic rings. The molecule has 0 bridgehead atoms. The van der Waals surface area contributed by atoms with Gasteiger partial charge in [0.25, 0.3) is 0 Å². The quantitative estimate of drug-likeness (QED) is 0.884. The van der Waals surface area contributed by atoms with E-state index in [2.05, 4.69) is 16.3 Å². The molecule has 0 saturated heterocycles. The lowest BCUT2D eigenvalue weighted by Crippen LogP contribution is -2.54. The highest BCUT2D eigenvalue weighted by Crippen LogP contribution is 2.26. The van der Waals surface area contributed by atoms with Crippen LogP contribution in [-0.4, -0.2) is 25.5 Å². The number of carbonyl (C=O) groups excluding carboxylic acids is 1. The largest absolute Gasteiger partial charge is 0.377 e. The molecule has 3 N–H and O–H groups in total. The van der Waals surface area contributed by atoms with E-state index < -0.39 is 5.54 Å². The maximum atomic E-state index is 12.3. The number of carbonyl (C=O) groups is 1. The van der Waals surface area contributed by atoms with E-state index in [-0.39, 0.29) is 5.91 Å². The molecule has 0 heterocycles. The SMILES string of the molecule is CN(C)c1ccccc1CNC(=O)C1(N)CCCCC1. The molecule has 0 unspecified atom stereocenters. The zero-order chi connectivity index (χ0) is 14.6. The Bertz CT molecular complexity index is 465. The lowest BCUT2D eigenvalue weighted by atomic mass is 9.82. The zero-order valence-corrected chi connectivity index (χ0v) is 12.5. The lowest BCUT2D eigenvalue weighted by molar-refractivity contribution is -0.127. The topological polar surface area (TPSA) is 58.4 Å². The molecule has 1 aliphatic rings. The second-order valence-electron chi connectivity index (χ2n) is 5.92. The van der Waals surface area contributed by atoms with Gasteiger partial charge >= 0.3 is 0 Å². The van der Waals surface area contributed by atoms with Gasteiger partial charge in [0, 0.05) is 26.3 Å². The fraction of sp³-hybridized carbons (Fsp3) is 0.562. The molecule has 2 rings (SSSR count). The van der Waals surface area contributed by atoms with Gasteiger partial charge in [0.2, 0.25) is 5.91 Å². The second-order valence-corrected chi connectivity index (χ2v) is 5.92. The van der Waals surface area contributed by atoms with Crippen molar-refractivity contribution in [2.45, 2.75) is 44.2 Å². The maximum Gasteiger partial charge on any atom is 0.240 e. The molecule has 0 aromatic heterocycles. The van der Waals surface area contributed by atoms with Gasteiger partial charge < -0.3 is 16.0 Å². The first kappa shape index (κ1) is 14.9. The Morgan fingerprint density at radius 3 is 2.55 bits per heavy atom. The Balaban J connectivity index is 2.00. The summed E-state index contributed by atoms with van der Waals surface area (Å²) in [6.45, 7) is 0.534. The normalized spacial score (nSPS) is 17.6. The van der Waals surface area contributed by atoms with Crippen LogP contribution in [0, 0.1) is 0 Å². The van der Waals surface area contributed by atoms with Crippen molar-refractivity contribution in [2.24, 2.45) is 5.73 Å². The minimum Gasteiger partial charge on any atom is -0.377 e. The number of para-hydroxylation sites is 1. The lowest BCUT2D eigenvalue weighted by Gasteiger charge is -2.32. The highest BCUT2D eigenvalue weighted by Gasteiger charge is 2.34. The second kappa shape index (κ2) is 6.27. The van der Waals surface area contributed by atoms with Crippen LogP contribution in [0.15, 0.2) is 24.3 Å². The first-order chi connectivity index (χ1) is 9.53. The van der Waals surface area contributed by atoms with Gasteiger partial charge in [-0.15, -0.1) is 0 Å². The highest BCUT2D eigenvalue weighted by atomic mass is 16.2. The van der Waals surface area contributed by atoms with E-state index in [4.69, 9.17) is 5.73 Å². The molecule has 1 aliphatic carbocycles. The summed E-state index contributed by atoms with van der Waals surface area (Å²) >= 11 is 0. The molecular formula is C16H25N3O. The number of amides is 1. The van der Waals surface area contributed by atoms with Crippen LogP contribution < -0.4 is 16.0 Å². The molecule has 0 spiro atoms. The van der Waals surface area contributed by atoms with Gasteiger partial charge in [0.15, 0.2) is 0 Å². The van der Waals surface area contributed by atoms with Crippen molar-refractivity contribution in [1.82, 2.24) is 5.32 Å². The summed E-state index contributed by atoms with van der Waals surface area (Å²) in [5, 5.41) is 3.01. The molecule has 1 aromatic carbocycles. The van der Waals surface area contributed by atoms with E-state index in [1.807, 2.05) is 32.3 Å². The fourth-order valence-electron chi connectivity index (χ4n) is 2.86. The molecule has 1 amide bonds. The number of anilines is 1. The standard InChI is InChI=1S/C16H25N3O/c1-19(2)14-9-5-4-8-13(14)12-18-15(20)16(17)10-6-3-7-11-16/h4-5,8-9H,3,6-7,10-12,17H2,1-2H3,(H,18,20). The van der Waals surface area contributed by atoms with Gasteiger partial charge in [0.05, 0.1) is 5.54 Å². The van der Waals surface area contributed by atoms with E-state index >= 15 is 0 Å². The van der Waals surface area contributed by atoms with Crippen LogP contribution in [-0.2, 0) is 11.3 Å². The van der Waals surface area contributed by atoms with Gasteiger partial charge in [-0.2, -0.15) is 0 Å². The predicted molar refractivity (Wildman–Crippen MR) is 82.6 cm³/mol. The molecule has 4 nitrogen and oxygen atoms in total.